The number of halogens is 2. The van der Waals surface area contributed by atoms with Crippen molar-refractivity contribution in [1.82, 2.24) is 14.7 Å². The third-order valence-corrected chi connectivity index (χ3v) is 5.16. The molecule has 2 aromatic rings. The van der Waals surface area contributed by atoms with Crippen LogP contribution < -0.4 is 5.73 Å². The Labute approximate surface area is 165 Å². The number of rotatable bonds is 4. The summed E-state index contributed by atoms with van der Waals surface area (Å²) in [6.45, 7) is 7.59. The number of benzene rings is 1. The summed E-state index contributed by atoms with van der Waals surface area (Å²) in [5, 5.41) is 5.17. The molecule has 142 valence electrons. The number of carbonyl (C=O) groups is 1. The van der Waals surface area contributed by atoms with Crippen LogP contribution >= 0.6 is 24.0 Å². The van der Waals surface area contributed by atoms with Crippen LogP contribution in [-0.2, 0) is 0 Å². The van der Waals surface area contributed by atoms with Crippen molar-refractivity contribution in [2.75, 3.05) is 13.1 Å². The van der Waals surface area contributed by atoms with Crippen molar-refractivity contribution in [2.45, 2.75) is 39.2 Å². The fourth-order valence-corrected chi connectivity index (χ4v) is 3.74. The van der Waals surface area contributed by atoms with Gasteiger partial charge in [-0.25, -0.2) is 4.68 Å². The van der Waals surface area contributed by atoms with Gasteiger partial charge < -0.3 is 10.6 Å². The molecule has 0 aliphatic carbocycles. The molecule has 2 atom stereocenters. The summed E-state index contributed by atoms with van der Waals surface area (Å²) in [6, 6.07) is 7.70. The Morgan fingerprint density at radius 2 is 2.00 bits per heavy atom. The average Bonchev–Trinajstić information content (AvgIpc) is 3.18. The number of carbonyl (C=O) groups excluding carboxylic acids is 1. The Bertz CT molecular complexity index is 757. The molecule has 3 rings (SSSR count). The Kier molecular flexibility index (Phi) is 6.72. The van der Waals surface area contributed by atoms with Crippen LogP contribution in [0.25, 0.3) is 5.69 Å². The molecule has 7 heteroatoms. The molecule has 1 fully saturated rings. The van der Waals surface area contributed by atoms with E-state index in [0.717, 1.165) is 24.3 Å². The van der Waals surface area contributed by atoms with Crippen LogP contribution in [0.1, 0.15) is 49.2 Å². The molecule has 1 aliphatic rings. The Morgan fingerprint density at radius 1 is 1.35 bits per heavy atom. The zero-order valence-electron chi connectivity index (χ0n) is 15.4. The lowest BCUT2D eigenvalue weighted by atomic mass is 10.0. The molecule has 2 N–H and O–H groups in total. The summed E-state index contributed by atoms with van der Waals surface area (Å²) in [4.78, 5) is 15.1. The minimum atomic E-state index is 0. The van der Waals surface area contributed by atoms with Crippen LogP contribution in [0.15, 0.2) is 30.5 Å². The summed E-state index contributed by atoms with van der Waals surface area (Å²) in [5.41, 5.74) is 8.31. The summed E-state index contributed by atoms with van der Waals surface area (Å²) < 4.78 is 1.84. The summed E-state index contributed by atoms with van der Waals surface area (Å²) >= 11 is 5.99. The van der Waals surface area contributed by atoms with Crippen molar-refractivity contribution in [3.8, 4) is 5.69 Å². The average molecular weight is 397 g/mol. The van der Waals surface area contributed by atoms with Crippen molar-refractivity contribution >= 4 is 29.9 Å². The Balaban J connectivity index is 0.00000243. The number of nitrogens with two attached hydrogens (primary N) is 1. The molecule has 2 unspecified atom stereocenters. The molecule has 0 bridgehead atoms. The summed E-state index contributed by atoms with van der Waals surface area (Å²) in [5.74, 6) is 0.598. The lowest BCUT2D eigenvalue weighted by Gasteiger charge is -2.22. The predicted molar refractivity (Wildman–Crippen MR) is 108 cm³/mol. The van der Waals surface area contributed by atoms with Crippen LogP contribution in [0, 0.1) is 5.92 Å². The van der Waals surface area contributed by atoms with E-state index in [1.165, 1.54) is 0 Å². The zero-order chi connectivity index (χ0) is 18.1. The third-order valence-electron chi connectivity index (χ3n) is 4.91. The van der Waals surface area contributed by atoms with Gasteiger partial charge in [-0.05, 0) is 56.0 Å². The van der Waals surface area contributed by atoms with Gasteiger partial charge in [-0.2, -0.15) is 5.10 Å². The van der Waals surface area contributed by atoms with Gasteiger partial charge in [0.1, 0.15) is 0 Å². The Hall–Kier alpha value is -1.56. The lowest BCUT2D eigenvalue weighted by molar-refractivity contribution is 0.0742. The first-order chi connectivity index (χ1) is 11.9. The molecule has 0 spiro atoms. The van der Waals surface area contributed by atoms with E-state index in [-0.39, 0.29) is 30.3 Å². The van der Waals surface area contributed by atoms with E-state index in [4.69, 9.17) is 17.3 Å². The van der Waals surface area contributed by atoms with Crippen LogP contribution in [0.5, 0.6) is 0 Å². The quantitative estimate of drug-likeness (QED) is 0.852. The molecule has 0 saturated carbocycles. The first kappa shape index (κ1) is 20.7. The fraction of sp³-hybridized carbons (Fsp3) is 0.474. The normalized spacial score (nSPS) is 19.7. The van der Waals surface area contributed by atoms with Crippen LogP contribution in [-0.4, -0.2) is 39.7 Å². The van der Waals surface area contributed by atoms with E-state index in [1.807, 2.05) is 33.8 Å². The number of nitrogens with zero attached hydrogens (tertiary/aromatic N) is 3. The van der Waals surface area contributed by atoms with E-state index >= 15 is 0 Å². The highest BCUT2D eigenvalue weighted by Gasteiger charge is 2.34. The summed E-state index contributed by atoms with van der Waals surface area (Å²) in [6.07, 6.45) is 2.65. The molecule has 26 heavy (non-hydrogen) atoms. The smallest absolute Gasteiger partial charge is 0.257 e. The highest BCUT2D eigenvalue weighted by molar-refractivity contribution is 6.30. The predicted octanol–water partition coefficient (Wildman–Crippen LogP) is 3.88. The van der Waals surface area contributed by atoms with Crippen LogP contribution in [0.2, 0.25) is 5.02 Å². The second kappa shape index (κ2) is 8.42. The van der Waals surface area contributed by atoms with Gasteiger partial charge in [0.05, 0.1) is 23.1 Å². The second-order valence-electron chi connectivity index (χ2n) is 7.13. The van der Waals surface area contributed by atoms with Crippen molar-refractivity contribution in [1.29, 1.82) is 0 Å². The van der Waals surface area contributed by atoms with E-state index in [0.29, 0.717) is 23.0 Å². The maximum atomic E-state index is 13.2. The van der Waals surface area contributed by atoms with Gasteiger partial charge in [-0.3, -0.25) is 4.79 Å². The highest BCUT2D eigenvalue weighted by atomic mass is 35.5. The molecular weight excluding hydrogens is 371 g/mol. The monoisotopic (exact) mass is 396 g/mol. The van der Waals surface area contributed by atoms with Crippen molar-refractivity contribution in [3.63, 3.8) is 0 Å². The topological polar surface area (TPSA) is 64.2 Å². The lowest BCUT2D eigenvalue weighted by Crippen LogP contribution is -2.35. The maximum absolute atomic E-state index is 13.2. The number of likely N-dealkylation sites (tertiary alicyclic amines) is 1. The van der Waals surface area contributed by atoms with Gasteiger partial charge in [-0.15, -0.1) is 12.4 Å². The fourth-order valence-electron chi connectivity index (χ4n) is 3.62. The third kappa shape index (κ3) is 3.90. The van der Waals surface area contributed by atoms with Gasteiger partial charge >= 0.3 is 0 Å². The number of hydrogen-bond acceptors (Lipinski definition) is 3. The van der Waals surface area contributed by atoms with Crippen molar-refractivity contribution < 1.29 is 4.79 Å². The first-order valence-electron chi connectivity index (χ1n) is 8.77. The molecule has 1 aromatic heterocycles. The van der Waals surface area contributed by atoms with Gasteiger partial charge in [-0.1, -0.05) is 25.4 Å². The maximum Gasteiger partial charge on any atom is 0.257 e. The minimum Gasteiger partial charge on any atom is -0.335 e. The molecule has 1 saturated heterocycles. The van der Waals surface area contributed by atoms with Crippen molar-refractivity contribution in [2.24, 2.45) is 11.7 Å². The van der Waals surface area contributed by atoms with E-state index in [2.05, 4.69) is 25.9 Å². The number of aromatic nitrogens is 2. The standard InChI is InChI=1S/C19H25ClN4O.ClH/c1-12(2)18-17(19(25)23-11-14(9-21)8-13(23)3)10-22-24(18)16-6-4-15(20)5-7-16;/h4-7,10,12-14H,8-9,11,21H2,1-3H3;1H. The molecule has 0 radical (unpaired) electrons. The number of hydrogen-bond donors (Lipinski definition) is 1. The minimum absolute atomic E-state index is 0. The van der Waals surface area contributed by atoms with E-state index in [9.17, 15) is 4.79 Å². The van der Waals surface area contributed by atoms with E-state index in [1.54, 1.807) is 6.20 Å². The molecule has 2 heterocycles. The highest BCUT2D eigenvalue weighted by Crippen LogP contribution is 2.29. The molecule has 5 nitrogen and oxygen atoms in total. The Morgan fingerprint density at radius 3 is 2.54 bits per heavy atom. The molecule has 1 aliphatic heterocycles. The van der Waals surface area contributed by atoms with Gasteiger partial charge in [0.2, 0.25) is 0 Å². The van der Waals surface area contributed by atoms with Crippen LogP contribution in [0.4, 0.5) is 0 Å². The van der Waals surface area contributed by atoms with Gasteiger partial charge in [0, 0.05) is 17.6 Å². The SMILES string of the molecule is CC(C)c1c(C(=O)N2CC(CN)CC2C)cnn1-c1ccc(Cl)cc1.Cl. The van der Waals surface area contributed by atoms with Gasteiger partial charge in [0.15, 0.2) is 0 Å². The number of amides is 1. The zero-order valence-corrected chi connectivity index (χ0v) is 16.9. The largest absolute Gasteiger partial charge is 0.335 e. The van der Waals surface area contributed by atoms with E-state index < -0.39 is 0 Å². The van der Waals surface area contributed by atoms with Crippen molar-refractivity contribution in [3.05, 3.63) is 46.7 Å². The summed E-state index contributed by atoms with van der Waals surface area (Å²) in [7, 11) is 0. The second-order valence-corrected chi connectivity index (χ2v) is 7.57. The first-order valence-corrected chi connectivity index (χ1v) is 9.15. The molecule has 1 aromatic carbocycles. The van der Waals surface area contributed by atoms with Crippen LogP contribution in [0.3, 0.4) is 0 Å². The van der Waals surface area contributed by atoms with Gasteiger partial charge in [0.25, 0.3) is 5.91 Å². The molecule has 1 amide bonds. The molecular formula is C19H26Cl2N4O.